The van der Waals surface area contributed by atoms with E-state index in [0.717, 1.165) is 0 Å². The fourth-order valence-corrected chi connectivity index (χ4v) is 2.31. The quantitative estimate of drug-likeness (QED) is 0.384. The second-order valence-electron chi connectivity index (χ2n) is 7.24. The molecule has 0 saturated carbocycles. The van der Waals surface area contributed by atoms with Crippen LogP contribution in [0, 0.1) is 15.5 Å². The molecular formula is C20H24N4O4. The van der Waals surface area contributed by atoms with Crippen LogP contribution in [-0.4, -0.2) is 29.8 Å². The van der Waals surface area contributed by atoms with Gasteiger partial charge in [-0.25, -0.2) is 0 Å². The fraction of sp³-hybridized carbons (Fsp3) is 0.300. The van der Waals surface area contributed by atoms with Crippen molar-refractivity contribution in [3.8, 4) is 0 Å². The van der Waals surface area contributed by atoms with Crippen molar-refractivity contribution in [2.75, 3.05) is 23.7 Å². The van der Waals surface area contributed by atoms with Crippen LogP contribution in [-0.2, 0) is 4.79 Å². The minimum Gasteiger partial charge on any atom is -0.378 e. The van der Waals surface area contributed by atoms with Crippen molar-refractivity contribution in [2.45, 2.75) is 20.8 Å². The summed E-state index contributed by atoms with van der Waals surface area (Å²) in [5.41, 5.74) is 0.803. The van der Waals surface area contributed by atoms with E-state index in [1.807, 2.05) is 20.8 Å². The molecule has 0 heterocycles. The molecule has 2 aromatic rings. The average Bonchev–Trinajstić information content (AvgIpc) is 2.64. The highest BCUT2D eigenvalue weighted by molar-refractivity contribution is 5.98. The number of nitro groups is 1. The molecule has 3 N–H and O–H groups in total. The molecule has 0 aromatic heterocycles. The summed E-state index contributed by atoms with van der Waals surface area (Å²) in [4.78, 5) is 34.9. The van der Waals surface area contributed by atoms with Crippen molar-refractivity contribution >= 4 is 28.9 Å². The average molecular weight is 384 g/mol. The van der Waals surface area contributed by atoms with Crippen molar-refractivity contribution in [1.29, 1.82) is 0 Å². The number of carbonyl (C=O) groups is 2. The Morgan fingerprint density at radius 1 is 1.04 bits per heavy atom. The Kier molecular flexibility index (Phi) is 6.70. The zero-order chi connectivity index (χ0) is 20.7. The number of amides is 2. The van der Waals surface area contributed by atoms with E-state index >= 15 is 0 Å². The predicted octanol–water partition coefficient (Wildman–Crippen LogP) is 3.42. The van der Waals surface area contributed by atoms with Crippen LogP contribution in [0.4, 0.5) is 17.1 Å². The van der Waals surface area contributed by atoms with Gasteiger partial charge in [-0.15, -0.1) is 0 Å². The van der Waals surface area contributed by atoms with Gasteiger partial charge in [0.25, 0.3) is 11.6 Å². The van der Waals surface area contributed by atoms with Crippen molar-refractivity contribution in [2.24, 2.45) is 5.41 Å². The molecule has 0 spiro atoms. The normalized spacial score (nSPS) is 10.8. The Hall–Kier alpha value is -3.42. The molecule has 2 aromatic carbocycles. The Bertz CT molecular complexity index is 875. The molecule has 148 valence electrons. The maximum atomic E-state index is 12.3. The van der Waals surface area contributed by atoms with Crippen molar-refractivity contribution in [3.05, 3.63) is 64.2 Å². The van der Waals surface area contributed by atoms with E-state index < -0.39 is 10.3 Å². The van der Waals surface area contributed by atoms with Crippen LogP contribution >= 0.6 is 0 Å². The zero-order valence-corrected chi connectivity index (χ0v) is 16.1. The maximum Gasteiger partial charge on any atom is 0.292 e. The minimum atomic E-state index is -0.538. The molecule has 0 radical (unpaired) electrons. The van der Waals surface area contributed by atoms with Crippen molar-refractivity contribution in [1.82, 2.24) is 5.32 Å². The molecule has 0 unspecified atom stereocenters. The van der Waals surface area contributed by atoms with Gasteiger partial charge in [-0.05, 0) is 24.3 Å². The monoisotopic (exact) mass is 384 g/mol. The number of para-hydroxylation sites is 2. The molecule has 8 heteroatoms. The van der Waals surface area contributed by atoms with Gasteiger partial charge in [-0.2, -0.15) is 0 Å². The molecule has 0 fully saturated rings. The van der Waals surface area contributed by atoms with Crippen molar-refractivity contribution in [3.63, 3.8) is 0 Å². The first-order valence-electron chi connectivity index (χ1n) is 8.85. The van der Waals surface area contributed by atoms with Crippen LogP contribution in [0.5, 0.6) is 0 Å². The van der Waals surface area contributed by atoms with E-state index in [9.17, 15) is 19.7 Å². The first kappa shape index (κ1) is 20.9. The smallest absolute Gasteiger partial charge is 0.292 e. The Labute approximate surface area is 163 Å². The molecule has 0 aliphatic heterocycles. The van der Waals surface area contributed by atoms with Gasteiger partial charge < -0.3 is 16.0 Å². The van der Waals surface area contributed by atoms with Gasteiger partial charge in [0.2, 0.25) is 5.91 Å². The number of nitrogens with zero attached hydrogens (tertiary/aromatic N) is 1. The summed E-state index contributed by atoms with van der Waals surface area (Å²) in [7, 11) is 0. The van der Waals surface area contributed by atoms with Gasteiger partial charge in [0.1, 0.15) is 5.69 Å². The lowest BCUT2D eigenvalue weighted by molar-refractivity contribution is -0.384. The van der Waals surface area contributed by atoms with Crippen LogP contribution < -0.4 is 16.0 Å². The van der Waals surface area contributed by atoms with E-state index in [0.29, 0.717) is 23.5 Å². The molecule has 0 bridgehead atoms. The predicted molar refractivity (Wildman–Crippen MR) is 108 cm³/mol. The SMILES string of the molecule is CC(C)(C)C(=O)Nc1cccc(C(=O)NCCNc2ccccc2[N+](=O)[O-])c1. The maximum absolute atomic E-state index is 12.3. The van der Waals surface area contributed by atoms with Gasteiger partial charge >= 0.3 is 0 Å². The lowest BCUT2D eigenvalue weighted by Crippen LogP contribution is -2.29. The molecule has 2 amide bonds. The van der Waals surface area contributed by atoms with E-state index in [-0.39, 0.29) is 24.0 Å². The van der Waals surface area contributed by atoms with Crippen LogP contribution in [0.25, 0.3) is 0 Å². The summed E-state index contributed by atoms with van der Waals surface area (Å²) < 4.78 is 0. The molecule has 8 nitrogen and oxygen atoms in total. The largest absolute Gasteiger partial charge is 0.378 e. The van der Waals surface area contributed by atoms with Crippen LogP contribution in [0.15, 0.2) is 48.5 Å². The highest BCUT2D eigenvalue weighted by Crippen LogP contribution is 2.22. The summed E-state index contributed by atoms with van der Waals surface area (Å²) in [5, 5.41) is 19.5. The molecule has 28 heavy (non-hydrogen) atoms. The summed E-state index contributed by atoms with van der Waals surface area (Å²) in [6.45, 7) is 6.04. The first-order valence-corrected chi connectivity index (χ1v) is 8.85. The van der Waals surface area contributed by atoms with Gasteiger partial charge in [0.05, 0.1) is 4.92 Å². The van der Waals surface area contributed by atoms with E-state index in [1.165, 1.54) is 6.07 Å². The number of rotatable bonds is 7. The van der Waals surface area contributed by atoms with Gasteiger partial charge in [0, 0.05) is 35.8 Å². The first-order chi connectivity index (χ1) is 13.2. The second kappa shape index (κ2) is 8.98. The number of hydrogen-bond donors (Lipinski definition) is 3. The number of hydrogen-bond acceptors (Lipinski definition) is 5. The fourth-order valence-electron chi connectivity index (χ4n) is 2.31. The Morgan fingerprint density at radius 3 is 2.43 bits per heavy atom. The number of benzene rings is 2. The topological polar surface area (TPSA) is 113 Å². The van der Waals surface area contributed by atoms with Crippen LogP contribution in [0.1, 0.15) is 31.1 Å². The lowest BCUT2D eigenvalue weighted by Gasteiger charge is -2.18. The molecule has 2 rings (SSSR count). The van der Waals surface area contributed by atoms with Gasteiger partial charge in [0.15, 0.2) is 0 Å². The number of anilines is 2. The molecular weight excluding hydrogens is 360 g/mol. The lowest BCUT2D eigenvalue weighted by atomic mass is 9.95. The molecule has 0 atom stereocenters. The molecule has 0 aliphatic carbocycles. The molecule has 0 saturated heterocycles. The number of carbonyl (C=O) groups excluding carboxylic acids is 2. The minimum absolute atomic E-state index is 0.0175. The van der Waals surface area contributed by atoms with E-state index in [4.69, 9.17) is 0 Å². The van der Waals surface area contributed by atoms with Gasteiger partial charge in [-0.3, -0.25) is 19.7 Å². The standard InChI is InChI=1S/C20H24N4O4/c1-20(2,3)19(26)23-15-8-6-7-14(13-15)18(25)22-12-11-21-16-9-4-5-10-17(16)24(27)28/h4-10,13,21H,11-12H2,1-3H3,(H,22,25)(H,23,26). The third kappa shape index (κ3) is 5.80. The third-order valence-electron chi connectivity index (χ3n) is 3.89. The second-order valence-corrected chi connectivity index (χ2v) is 7.24. The van der Waals surface area contributed by atoms with Crippen LogP contribution in [0.3, 0.4) is 0 Å². The van der Waals surface area contributed by atoms with E-state index in [2.05, 4.69) is 16.0 Å². The van der Waals surface area contributed by atoms with Crippen LogP contribution in [0.2, 0.25) is 0 Å². The summed E-state index contributed by atoms with van der Waals surface area (Å²) >= 11 is 0. The van der Waals surface area contributed by atoms with E-state index in [1.54, 1.807) is 42.5 Å². The van der Waals surface area contributed by atoms with Gasteiger partial charge in [-0.1, -0.05) is 39.0 Å². The number of nitro benzene ring substituents is 1. The summed E-state index contributed by atoms with van der Waals surface area (Å²) in [6.07, 6.45) is 0. The highest BCUT2D eigenvalue weighted by atomic mass is 16.6. The summed E-state index contributed by atoms with van der Waals surface area (Å²) in [6, 6.07) is 13.0. The third-order valence-corrected chi connectivity index (χ3v) is 3.89. The highest BCUT2D eigenvalue weighted by Gasteiger charge is 2.21. The van der Waals surface area contributed by atoms with Crippen molar-refractivity contribution < 1.29 is 14.5 Å². The Morgan fingerprint density at radius 2 is 1.75 bits per heavy atom. The Balaban J connectivity index is 1.89. The molecule has 0 aliphatic rings. The summed E-state index contributed by atoms with van der Waals surface area (Å²) in [5.74, 6) is -0.435. The zero-order valence-electron chi connectivity index (χ0n) is 16.1. The number of nitrogens with one attached hydrogen (secondary N) is 3.